The van der Waals surface area contributed by atoms with Crippen molar-refractivity contribution in [3.05, 3.63) is 71.8 Å². The van der Waals surface area contributed by atoms with Crippen LogP contribution < -0.4 is 0 Å². The summed E-state index contributed by atoms with van der Waals surface area (Å²) in [4.78, 5) is 19.1. The summed E-state index contributed by atoms with van der Waals surface area (Å²) < 4.78 is 5.16. The predicted octanol–water partition coefficient (Wildman–Crippen LogP) is 4.77. The minimum atomic E-state index is -0.159. The third kappa shape index (κ3) is 6.11. The lowest BCUT2D eigenvalue weighted by molar-refractivity contribution is 0.0435. The van der Waals surface area contributed by atoms with Gasteiger partial charge in [-0.1, -0.05) is 60.7 Å². The van der Waals surface area contributed by atoms with Crippen molar-refractivity contribution in [2.45, 2.75) is 57.8 Å². The first kappa shape index (κ1) is 22.8. The Hall–Kier alpha value is -2.37. The van der Waals surface area contributed by atoms with Gasteiger partial charge in [-0.2, -0.15) is 0 Å². The van der Waals surface area contributed by atoms with E-state index in [4.69, 9.17) is 4.74 Å². The number of carbonyl (C=O) groups excluding carboxylic acids is 1. The maximum absolute atomic E-state index is 12.0. The predicted molar refractivity (Wildman–Crippen MR) is 128 cm³/mol. The second-order valence-corrected chi connectivity index (χ2v) is 9.06. The van der Waals surface area contributed by atoms with Crippen LogP contribution in [0.15, 0.2) is 60.7 Å². The summed E-state index contributed by atoms with van der Waals surface area (Å²) in [5.41, 5.74) is 2.78. The highest BCUT2D eigenvalue weighted by Crippen LogP contribution is 2.29. The number of hydrogen-bond acceptors (Lipinski definition) is 4. The van der Waals surface area contributed by atoms with E-state index < -0.39 is 0 Å². The van der Waals surface area contributed by atoms with E-state index in [0.717, 1.165) is 39.3 Å². The zero-order valence-electron chi connectivity index (χ0n) is 19.4. The normalized spacial score (nSPS) is 22.1. The highest BCUT2D eigenvalue weighted by Gasteiger charge is 2.31. The Morgan fingerprint density at radius 1 is 0.844 bits per heavy atom. The Labute approximate surface area is 193 Å². The summed E-state index contributed by atoms with van der Waals surface area (Å²) in [6, 6.07) is 23.0. The van der Waals surface area contributed by atoms with E-state index in [9.17, 15) is 4.79 Å². The molecular weight excluding hydrogens is 398 g/mol. The summed E-state index contributed by atoms with van der Waals surface area (Å²) in [7, 11) is 0. The molecule has 1 saturated heterocycles. The number of benzene rings is 2. The van der Waals surface area contributed by atoms with Crippen LogP contribution in [0.5, 0.6) is 0 Å². The van der Waals surface area contributed by atoms with E-state index in [1.165, 1.54) is 36.8 Å². The van der Waals surface area contributed by atoms with Gasteiger partial charge in [0.15, 0.2) is 0 Å². The maximum Gasteiger partial charge on any atom is 0.409 e. The molecule has 0 atom stereocenters. The molecule has 1 heterocycles. The average Bonchev–Trinajstić information content (AvgIpc) is 2.85. The Kier molecular flexibility index (Phi) is 8.18. The van der Waals surface area contributed by atoms with Crippen LogP contribution in [0.25, 0.3) is 0 Å². The number of nitrogens with zero attached hydrogens (tertiary/aromatic N) is 3. The first-order valence-corrected chi connectivity index (χ1v) is 12.2. The quantitative estimate of drug-likeness (QED) is 0.627. The smallest absolute Gasteiger partial charge is 0.409 e. The van der Waals surface area contributed by atoms with Crippen LogP contribution in [0.1, 0.15) is 43.7 Å². The van der Waals surface area contributed by atoms with E-state index in [1.54, 1.807) is 0 Å². The summed E-state index contributed by atoms with van der Waals surface area (Å²) in [6.07, 6.45) is 4.80. The molecule has 2 fully saturated rings. The second-order valence-electron chi connectivity index (χ2n) is 9.06. The average molecular weight is 436 g/mol. The molecule has 0 unspecified atom stereocenters. The van der Waals surface area contributed by atoms with Crippen molar-refractivity contribution in [1.29, 1.82) is 0 Å². The van der Waals surface area contributed by atoms with E-state index >= 15 is 0 Å². The molecule has 5 nitrogen and oxygen atoms in total. The molecule has 2 aliphatic rings. The summed E-state index contributed by atoms with van der Waals surface area (Å²) in [5.74, 6) is 0. The Bertz CT molecular complexity index is 772. The molecule has 1 aliphatic carbocycles. The van der Waals surface area contributed by atoms with Gasteiger partial charge in [0.25, 0.3) is 0 Å². The highest BCUT2D eigenvalue weighted by atomic mass is 16.6. The molecule has 0 aromatic heterocycles. The van der Waals surface area contributed by atoms with Crippen molar-refractivity contribution >= 4 is 6.09 Å². The van der Waals surface area contributed by atoms with Gasteiger partial charge in [-0.05, 0) is 43.7 Å². The number of ether oxygens (including phenoxy) is 1. The van der Waals surface area contributed by atoms with Crippen LogP contribution in [0.2, 0.25) is 0 Å². The van der Waals surface area contributed by atoms with E-state index in [-0.39, 0.29) is 6.09 Å². The van der Waals surface area contributed by atoms with Crippen molar-refractivity contribution in [3.63, 3.8) is 0 Å². The van der Waals surface area contributed by atoms with Crippen molar-refractivity contribution in [3.8, 4) is 0 Å². The molecular formula is C27H37N3O2. The van der Waals surface area contributed by atoms with Crippen molar-refractivity contribution in [2.24, 2.45) is 0 Å². The third-order valence-electron chi connectivity index (χ3n) is 7.00. The Morgan fingerprint density at radius 3 is 1.88 bits per heavy atom. The van der Waals surface area contributed by atoms with Gasteiger partial charge in [0.2, 0.25) is 0 Å². The van der Waals surface area contributed by atoms with Gasteiger partial charge >= 0.3 is 6.09 Å². The van der Waals surface area contributed by atoms with E-state index in [2.05, 4.69) is 70.5 Å². The van der Waals surface area contributed by atoms with Gasteiger partial charge in [0, 0.05) is 51.4 Å². The van der Waals surface area contributed by atoms with Crippen molar-refractivity contribution in [1.82, 2.24) is 14.7 Å². The topological polar surface area (TPSA) is 36.0 Å². The lowest BCUT2D eigenvalue weighted by Gasteiger charge is -2.43. The zero-order chi connectivity index (χ0) is 22.2. The van der Waals surface area contributed by atoms with Crippen LogP contribution in [-0.4, -0.2) is 65.7 Å². The van der Waals surface area contributed by atoms with Crippen LogP contribution in [-0.2, 0) is 17.8 Å². The van der Waals surface area contributed by atoms with Gasteiger partial charge in [0.1, 0.15) is 0 Å². The molecule has 0 spiro atoms. The van der Waals surface area contributed by atoms with Crippen LogP contribution in [0.4, 0.5) is 4.79 Å². The fourth-order valence-corrected chi connectivity index (χ4v) is 5.22. The van der Waals surface area contributed by atoms with Gasteiger partial charge in [-0.3, -0.25) is 9.80 Å². The van der Waals surface area contributed by atoms with Gasteiger partial charge < -0.3 is 9.64 Å². The molecule has 1 amide bonds. The lowest BCUT2D eigenvalue weighted by atomic mass is 9.88. The standard InChI is InChI=1S/C27H37N3O2/c1-2-32-27(31)29-19-17-28(18-20-29)25-13-15-26(16-14-25)30(21-23-9-5-3-6-10-23)22-24-11-7-4-8-12-24/h3-12,25-26H,2,13-22H2,1H3. The monoisotopic (exact) mass is 435 g/mol. The molecule has 1 saturated carbocycles. The van der Waals surface area contributed by atoms with Gasteiger partial charge in [-0.25, -0.2) is 4.79 Å². The number of piperazine rings is 1. The zero-order valence-corrected chi connectivity index (χ0v) is 19.4. The van der Waals surface area contributed by atoms with Crippen LogP contribution >= 0.6 is 0 Å². The minimum absolute atomic E-state index is 0.159. The molecule has 4 rings (SSSR count). The SMILES string of the molecule is CCOC(=O)N1CCN(C2CCC(N(Cc3ccccc3)Cc3ccccc3)CC2)CC1. The first-order chi connectivity index (χ1) is 15.7. The van der Waals surface area contributed by atoms with Gasteiger partial charge in [0.05, 0.1) is 6.61 Å². The third-order valence-corrected chi connectivity index (χ3v) is 7.00. The number of rotatable bonds is 7. The largest absolute Gasteiger partial charge is 0.450 e. The minimum Gasteiger partial charge on any atom is -0.450 e. The number of amides is 1. The van der Waals surface area contributed by atoms with E-state index in [1.807, 2.05) is 11.8 Å². The van der Waals surface area contributed by atoms with Crippen molar-refractivity contribution in [2.75, 3.05) is 32.8 Å². The fraction of sp³-hybridized carbons (Fsp3) is 0.519. The molecule has 172 valence electrons. The molecule has 2 aromatic carbocycles. The fourth-order valence-electron chi connectivity index (χ4n) is 5.22. The van der Waals surface area contributed by atoms with Gasteiger partial charge in [-0.15, -0.1) is 0 Å². The molecule has 0 bridgehead atoms. The Balaban J connectivity index is 1.32. The second kappa shape index (κ2) is 11.5. The molecule has 1 aliphatic heterocycles. The summed E-state index contributed by atoms with van der Waals surface area (Å²) in [5, 5.41) is 0. The first-order valence-electron chi connectivity index (χ1n) is 12.2. The summed E-state index contributed by atoms with van der Waals surface area (Å²) >= 11 is 0. The molecule has 32 heavy (non-hydrogen) atoms. The molecule has 0 N–H and O–H groups in total. The van der Waals surface area contributed by atoms with Crippen molar-refractivity contribution < 1.29 is 9.53 Å². The molecule has 0 radical (unpaired) electrons. The van der Waals surface area contributed by atoms with E-state index in [0.29, 0.717) is 18.7 Å². The number of carbonyl (C=O) groups is 1. The number of hydrogen-bond donors (Lipinski definition) is 0. The Morgan fingerprint density at radius 2 is 1.38 bits per heavy atom. The van der Waals surface area contributed by atoms with Crippen LogP contribution in [0, 0.1) is 0 Å². The maximum atomic E-state index is 12.0. The lowest BCUT2D eigenvalue weighted by Crippen LogP contribution is -2.53. The molecule has 5 heteroatoms. The van der Waals surface area contributed by atoms with Crippen LogP contribution in [0.3, 0.4) is 0 Å². The molecule has 2 aromatic rings. The highest BCUT2D eigenvalue weighted by molar-refractivity contribution is 5.67. The summed E-state index contributed by atoms with van der Waals surface area (Å²) in [6.45, 7) is 7.82.